The summed E-state index contributed by atoms with van der Waals surface area (Å²) in [5, 5.41) is 10.8. The van der Waals surface area contributed by atoms with E-state index in [4.69, 9.17) is 19.4 Å². The first kappa shape index (κ1) is 36.3. The summed E-state index contributed by atoms with van der Waals surface area (Å²) in [7, 11) is 0. The molecule has 3 aromatic heterocycles. The molecule has 0 radical (unpaired) electrons. The van der Waals surface area contributed by atoms with Crippen molar-refractivity contribution in [1.29, 1.82) is 0 Å². The molecule has 0 saturated carbocycles. The average molecular weight is 694 g/mol. The number of anilines is 2. The number of nitrogens with zero attached hydrogens (tertiary/aromatic N) is 7. The Labute approximate surface area is 301 Å². The van der Waals surface area contributed by atoms with Crippen LogP contribution in [0.15, 0.2) is 49.1 Å². The Balaban J connectivity index is 1.44. The molecule has 0 aliphatic carbocycles. The Kier molecular flexibility index (Phi) is 10.4. The predicted octanol–water partition coefficient (Wildman–Crippen LogP) is 6.79. The van der Waals surface area contributed by atoms with Crippen LogP contribution in [0.4, 0.5) is 11.6 Å². The van der Waals surface area contributed by atoms with Crippen LogP contribution in [0.1, 0.15) is 95.5 Å². The number of carbonyl (C=O) groups is 1. The highest BCUT2D eigenvalue weighted by molar-refractivity contribution is 5.89. The molecule has 0 amide bonds. The lowest BCUT2D eigenvalue weighted by Crippen LogP contribution is -2.39. The van der Waals surface area contributed by atoms with Crippen LogP contribution in [-0.2, 0) is 33.8 Å². The van der Waals surface area contributed by atoms with E-state index in [1.165, 1.54) is 11.1 Å². The van der Waals surface area contributed by atoms with Gasteiger partial charge in [0.25, 0.3) is 0 Å². The number of piperidine rings is 1. The third kappa shape index (κ3) is 8.20. The van der Waals surface area contributed by atoms with Crippen molar-refractivity contribution >= 4 is 17.6 Å². The van der Waals surface area contributed by atoms with Crippen LogP contribution in [0.25, 0.3) is 22.5 Å². The lowest BCUT2D eigenvalue weighted by Gasteiger charge is -2.41. The van der Waals surface area contributed by atoms with Crippen molar-refractivity contribution in [2.24, 2.45) is 5.41 Å². The first-order valence-corrected chi connectivity index (χ1v) is 18.0. The molecular formula is C40H51N7O4. The van der Waals surface area contributed by atoms with Gasteiger partial charge in [-0.15, -0.1) is 0 Å². The van der Waals surface area contributed by atoms with Gasteiger partial charge in [0.1, 0.15) is 5.69 Å². The Morgan fingerprint density at radius 3 is 2.39 bits per heavy atom. The quantitative estimate of drug-likeness (QED) is 0.186. The minimum Gasteiger partial charge on any atom is -0.461 e. The number of aryl methyl sites for hydroxylation is 1. The summed E-state index contributed by atoms with van der Waals surface area (Å²) in [6.45, 7) is 18.8. The van der Waals surface area contributed by atoms with Crippen LogP contribution in [0, 0.1) is 12.3 Å². The van der Waals surface area contributed by atoms with Crippen LogP contribution in [0.3, 0.4) is 0 Å². The number of aromatic nitrogens is 5. The van der Waals surface area contributed by atoms with Crippen molar-refractivity contribution in [2.45, 2.75) is 106 Å². The summed E-state index contributed by atoms with van der Waals surface area (Å²) in [5.74, 6) is 0.207. The van der Waals surface area contributed by atoms with Crippen LogP contribution in [-0.4, -0.2) is 67.3 Å². The minimum atomic E-state index is -1.000. The number of aliphatic hydroxyl groups excluding tert-OH is 1. The van der Waals surface area contributed by atoms with E-state index in [1.54, 1.807) is 24.8 Å². The zero-order chi connectivity index (χ0) is 36.5. The number of hydrogen-bond donors (Lipinski definition) is 1. The van der Waals surface area contributed by atoms with Gasteiger partial charge in [-0.25, -0.2) is 14.8 Å². The molecule has 51 heavy (non-hydrogen) atoms. The second kappa shape index (κ2) is 14.6. The standard InChI is InChI=1S/C40H51N7O4/c1-25(2)50-37(49)36(51-39(4,5)6)33-26(3)44-32(24-48)34(35(33)46-19-13-40(7,8)14-20-46)28-9-10-29-23-47(18-12-27(29)21-28)38-43-15-11-30(45-38)31-22-41-16-17-42-31/h9-11,15-17,21-22,25,36,48H,12-14,18-20,23-24H2,1-8H3. The molecule has 4 aromatic rings. The molecule has 2 aliphatic rings. The highest BCUT2D eigenvalue weighted by Gasteiger charge is 2.38. The number of carbonyl (C=O) groups excluding carboxylic acids is 1. The van der Waals surface area contributed by atoms with E-state index in [-0.39, 0.29) is 18.1 Å². The summed E-state index contributed by atoms with van der Waals surface area (Å²) in [6.07, 6.45) is 8.22. The highest BCUT2D eigenvalue weighted by Crippen LogP contribution is 2.46. The number of fused-ring (bicyclic) bond motifs is 1. The molecule has 0 spiro atoms. The summed E-state index contributed by atoms with van der Waals surface area (Å²) in [4.78, 5) is 41.4. The maximum absolute atomic E-state index is 13.9. The van der Waals surface area contributed by atoms with E-state index < -0.39 is 17.7 Å². The maximum Gasteiger partial charge on any atom is 0.340 e. The second-order valence-electron chi connectivity index (χ2n) is 15.7. The first-order valence-electron chi connectivity index (χ1n) is 18.0. The van der Waals surface area contributed by atoms with Crippen molar-refractivity contribution in [3.05, 3.63) is 77.1 Å². The Bertz CT molecular complexity index is 1860. The maximum atomic E-state index is 13.9. The van der Waals surface area contributed by atoms with Gasteiger partial charge in [0.15, 0.2) is 6.10 Å². The molecule has 6 rings (SSSR count). The van der Waals surface area contributed by atoms with Crippen molar-refractivity contribution < 1.29 is 19.4 Å². The van der Waals surface area contributed by atoms with Gasteiger partial charge in [-0.2, -0.15) is 0 Å². The number of hydrogen-bond acceptors (Lipinski definition) is 11. The SMILES string of the molecule is Cc1nc(CO)c(-c2ccc3c(c2)CCN(c2nccc(-c4cnccn4)n2)C3)c(N2CCC(C)(C)CC2)c1C(OC(C)(C)C)C(=O)OC(C)C. The number of benzene rings is 1. The second-order valence-corrected chi connectivity index (χ2v) is 15.7. The van der Waals surface area contributed by atoms with E-state index >= 15 is 0 Å². The highest BCUT2D eigenvalue weighted by atomic mass is 16.6. The molecule has 11 nitrogen and oxygen atoms in total. The Morgan fingerprint density at radius 1 is 0.961 bits per heavy atom. The monoisotopic (exact) mass is 693 g/mol. The molecule has 1 saturated heterocycles. The first-order chi connectivity index (χ1) is 24.2. The molecule has 1 N–H and O–H groups in total. The van der Waals surface area contributed by atoms with Gasteiger partial charge in [0, 0.05) is 61.6 Å². The van der Waals surface area contributed by atoms with Gasteiger partial charge in [-0.3, -0.25) is 15.0 Å². The molecule has 1 aromatic carbocycles. The lowest BCUT2D eigenvalue weighted by molar-refractivity contribution is -0.171. The summed E-state index contributed by atoms with van der Waals surface area (Å²) >= 11 is 0. The third-order valence-corrected chi connectivity index (χ3v) is 9.61. The topological polar surface area (TPSA) is 127 Å². The van der Waals surface area contributed by atoms with Gasteiger partial charge in [0.2, 0.25) is 5.95 Å². The molecule has 5 heterocycles. The van der Waals surface area contributed by atoms with Crippen LogP contribution >= 0.6 is 0 Å². The molecule has 11 heteroatoms. The van der Waals surface area contributed by atoms with E-state index in [2.05, 4.69) is 56.8 Å². The number of pyridine rings is 1. The fourth-order valence-corrected chi connectivity index (χ4v) is 6.98. The minimum absolute atomic E-state index is 0.200. The fraction of sp³-hybridized carbons (Fsp3) is 0.500. The van der Waals surface area contributed by atoms with E-state index in [0.717, 1.165) is 61.4 Å². The van der Waals surface area contributed by atoms with E-state index in [0.29, 0.717) is 35.1 Å². The third-order valence-electron chi connectivity index (χ3n) is 9.61. The van der Waals surface area contributed by atoms with Crippen molar-refractivity contribution in [1.82, 2.24) is 24.9 Å². The Morgan fingerprint density at radius 2 is 1.73 bits per heavy atom. The van der Waals surface area contributed by atoms with Crippen LogP contribution < -0.4 is 9.80 Å². The predicted molar refractivity (Wildman–Crippen MR) is 198 cm³/mol. The zero-order valence-corrected chi connectivity index (χ0v) is 31.2. The van der Waals surface area contributed by atoms with Crippen LogP contribution in [0.5, 0.6) is 0 Å². The van der Waals surface area contributed by atoms with Gasteiger partial charge in [-0.1, -0.05) is 32.0 Å². The molecule has 270 valence electrons. The molecule has 1 atom stereocenters. The molecule has 1 unspecified atom stereocenters. The van der Waals surface area contributed by atoms with Crippen LogP contribution in [0.2, 0.25) is 0 Å². The number of ether oxygens (including phenoxy) is 2. The summed E-state index contributed by atoms with van der Waals surface area (Å²) in [6, 6.07) is 8.34. The zero-order valence-electron chi connectivity index (χ0n) is 31.2. The average Bonchev–Trinajstić information content (AvgIpc) is 3.09. The summed E-state index contributed by atoms with van der Waals surface area (Å²) in [5.41, 5.74) is 8.00. The van der Waals surface area contributed by atoms with Crippen molar-refractivity contribution in [2.75, 3.05) is 29.4 Å². The largest absolute Gasteiger partial charge is 0.461 e. The van der Waals surface area contributed by atoms with Gasteiger partial charge in [0.05, 0.1) is 41.6 Å². The smallest absolute Gasteiger partial charge is 0.340 e. The Hall–Kier alpha value is -4.48. The van der Waals surface area contributed by atoms with Gasteiger partial charge < -0.3 is 24.4 Å². The van der Waals surface area contributed by atoms with Gasteiger partial charge in [-0.05, 0) is 89.0 Å². The number of esters is 1. The lowest BCUT2D eigenvalue weighted by atomic mass is 9.81. The summed E-state index contributed by atoms with van der Waals surface area (Å²) < 4.78 is 12.4. The number of rotatable bonds is 9. The van der Waals surface area contributed by atoms with Gasteiger partial charge >= 0.3 is 5.97 Å². The normalized spacial score (nSPS) is 16.6. The van der Waals surface area contributed by atoms with Crippen molar-refractivity contribution in [3.63, 3.8) is 0 Å². The van der Waals surface area contributed by atoms with E-state index in [9.17, 15) is 9.90 Å². The molecule has 0 bridgehead atoms. The fourth-order valence-electron chi connectivity index (χ4n) is 6.98. The number of aliphatic hydroxyl groups is 1. The van der Waals surface area contributed by atoms with Crippen molar-refractivity contribution in [3.8, 4) is 22.5 Å². The van der Waals surface area contributed by atoms with E-state index in [1.807, 2.05) is 47.6 Å². The molecular weight excluding hydrogens is 642 g/mol. The molecule has 1 fully saturated rings. The molecule has 2 aliphatic heterocycles.